The number of hydrogen-bond donors (Lipinski definition) is 1. The molecule has 6 heteroatoms. The van der Waals surface area contributed by atoms with Gasteiger partial charge >= 0.3 is 0 Å². The van der Waals surface area contributed by atoms with E-state index < -0.39 is 0 Å². The topological polar surface area (TPSA) is 44.3 Å². The molecule has 5 nitrogen and oxygen atoms in total. The first kappa shape index (κ1) is 17.6. The summed E-state index contributed by atoms with van der Waals surface area (Å²) < 4.78 is 0. The molecule has 138 valence electrons. The standard InChI is InChI=1S/C21H22ClN5/c1-2-11-23-20-18-5-3-4-6-19(18)24-21(25-20)27-14-12-26(13-15-27)17-9-7-16(22)8-10-17/h2-10H,1,11-15H2,(H,23,24,25). The molecule has 1 aliphatic heterocycles. The summed E-state index contributed by atoms with van der Waals surface area (Å²) in [6.45, 7) is 8.05. The SMILES string of the molecule is C=CCNc1nc(N2CCN(c3ccc(Cl)cc3)CC2)nc2ccccc12. The van der Waals surface area contributed by atoms with Crippen LogP contribution in [0.3, 0.4) is 0 Å². The average Bonchev–Trinajstić information content (AvgIpc) is 2.72. The molecule has 0 aliphatic carbocycles. The highest BCUT2D eigenvalue weighted by molar-refractivity contribution is 6.30. The van der Waals surface area contributed by atoms with Crippen LogP contribution in [0.15, 0.2) is 61.2 Å². The highest BCUT2D eigenvalue weighted by atomic mass is 35.5. The van der Waals surface area contributed by atoms with Gasteiger partial charge in [-0.3, -0.25) is 0 Å². The molecule has 0 spiro atoms. The van der Waals surface area contributed by atoms with E-state index in [0.29, 0.717) is 6.54 Å². The minimum atomic E-state index is 0.671. The van der Waals surface area contributed by atoms with Gasteiger partial charge in [0.2, 0.25) is 5.95 Å². The third kappa shape index (κ3) is 3.83. The molecule has 3 aromatic rings. The van der Waals surface area contributed by atoms with Crippen molar-refractivity contribution in [1.29, 1.82) is 0 Å². The second kappa shape index (κ2) is 7.84. The van der Waals surface area contributed by atoms with Crippen molar-refractivity contribution in [3.63, 3.8) is 0 Å². The maximum absolute atomic E-state index is 6.00. The highest BCUT2D eigenvalue weighted by Gasteiger charge is 2.20. The van der Waals surface area contributed by atoms with E-state index >= 15 is 0 Å². The van der Waals surface area contributed by atoms with Crippen molar-refractivity contribution in [2.24, 2.45) is 0 Å². The summed E-state index contributed by atoms with van der Waals surface area (Å²) in [7, 11) is 0. The van der Waals surface area contributed by atoms with Gasteiger partial charge in [0.15, 0.2) is 0 Å². The van der Waals surface area contributed by atoms with Gasteiger partial charge < -0.3 is 15.1 Å². The Hall–Kier alpha value is -2.79. The second-order valence-corrected chi connectivity index (χ2v) is 6.95. The highest BCUT2D eigenvalue weighted by Crippen LogP contribution is 2.25. The Morgan fingerprint density at radius 2 is 1.67 bits per heavy atom. The van der Waals surface area contributed by atoms with Crippen molar-refractivity contribution in [3.05, 3.63) is 66.2 Å². The van der Waals surface area contributed by atoms with Crippen LogP contribution in [-0.4, -0.2) is 42.7 Å². The number of nitrogens with one attached hydrogen (secondary N) is 1. The van der Waals surface area contributed by atoms with Gasteiger partial charge in [-0.2, -0.15) is 4.98 Å². The van der Waals surface area contributed by atoms with E-state index in [1.807, 2.05) is 42.5 Å². The molecule has 1 aliphatic rings. The molecule has 1 saturated heterocycles. The molecule has 0 unspecified atom stereocenters. The Labute approximate surface area is 164 Å². The first-order chi connectivity index (χ1) is 13.2. The summed E-state index contributed by atoms with van der Waals surface area (Å²) in [4.78, 5) is 14.2. The van der Waals surface area contributed by atoms with Gasteiger partial charge in [0, 0.05) is 48.8 Å². The van der Waals surface area contributed by atoms with Crippen LogP contribution in [0.5, 0.6) is 0 Å². The van der Waals surface area contributed by atoms with E-state index in [0.717, 1.165) is 53.9 Å². The monoisotopic (exact) mass is 379 g/mol. The Bertz CT molecular complexity index is 933. The van der Waals surface area contributed by atoms with Gasteiger partial charge in [-0.05, 0) is 36.4 Å². The third-order valence-electron chi connectivity index (χ3n) is 4.76. The molecule has 1 N–H and O–H groups in total. The number of anilines is 3. The molecule has 4 rings (SSSR count). The largest absolute Gasteiger partial charge is 0.368 e. The zero-order valence-electron chi connectivity index (χ0n) is 15.1. The van der Waals surface area contributed by atoms with Gasteiger partial charge in [0.1, 0.15) is 5.82 Å². The number of nitrogens with zero attached hydrogens (tertiary/aromatic N) is 4. The molecule has 0 amide bonds. The Balaban J connectivity index is 1.54. The van der Waals surface area contributed by atoms with E-state index in [1.165, 1.54) is 5.69 Å². The number of rotatable bonds is 5. The lowest BCUT2D eigenvalue weighted by Crippen LogP contribution is -2.47. The average molecular weight is 380 g/mol. The summed E-state index contributed by atoms with van der Waals surface area (Å²) in [6.07, 6.45) is 1.83. The van der Waals surface area contributed by atoms with Crippen LogP contribution in [0.4, 0.5) is 17.5 Å². The van der Waals surface area contributed by atoms with Crippen molar-refractivity contribution in [2.45, 2.75) is 0 Å². The fraction of sp³-hybridized carbons (Fsp3) is 0.238. The number of benzene rings is 2. The summed E-state index contributed by atoms with van der Waals surface area (Å²) in [5.74, 6) is 1.63. The fourth-order valence-corrected chi connectivity index (χ4v) is 3.45. The number of fused-ring (bicyclic) bond motifs is 1. The Morgan fingerprint density at radius 1 is 0.963 bits per heavy atom. The first-order valence-electron chi connectivity index (χ1n) is 9.11. The lowest BCUT2D eigenvalue weighted by molar-refractivity contribution is 0.641. The number of para-hydroxylation sites is 1. The molecule has 2 aromatic carbocycles. The predicted octanol–water partition coefficient (Wildman–Crippen LogP) is 4.21. The summed E-state index contributed by atoms with van der Waals surface area (Å²) in [5, 5.41) is 5.13. The van der Waals surface area contributed by atoms with Gasteiger partial charge in [0.25, 0.3) is 0 Å². The number of aromatic nitrogens is 2. The molecule has 1 aromatic heterocycles. The van der Waals surface area contributed by atoms with Crippen LogP contribution in [-0.2, 0) is 0 Å². The van der Waals surface area contributed by atoms with Crippen LogP contribution in [0, 0.1) is 0 Å². The normalized spacial score (nSPS) is 14.4. The van der Waals surface area contributed by atoms with Crippen LogP contribution in [0.2, 0.25) is 5.02 Å². The number of piperazine rings is 1. The van der Waals surface area contributed by atoms with Crippen LogP contribution < -0.4 is 15.1 Å². The Kier molecular flexibility index (Phi) is 5.12. The zero-order valence-corrected chi connectivity index (χ0v) is 15.9. The molecule has 2 heterocycles. The Morgan fingerprint density at radius 3 is 2.41 bits per heavy atom. The fourth-order valence-electron chi connectivity index (χ4n) is 3.33. The molecule has 27 heavy (non-hydrogen) atoms. The first-order valence-corrected chi connectivity index (χ1v) is 9.49. The maximum atomic E-state index is 6.00. The van der Waals surface area contributed by atoms with E-state index in [1.54, 1.807) is 0 Å². The molecular weight excluding hydrogens is 358 g/mol. The van der Waals surface area contributed by atoms with Crippen molar-refractivity contribution >= 4 is 40.0 Å². The minimum Gasteiger partial charge on any atom is -0.368 e. The van der Waals surface area contributed by atoms with E-state index in [9.17, 15) is 0 Å². The van der Waals surface area contributed by atoms with Crippen molar-refractivity contribution in [3.8, 4) is 0 Å². The van der Waals surface area contributed by atoms with Crippen molar-refractivity contribution < 1.29 is 0 Å². The third-order valence-corrected chi connectivity index (χ3v) is 5.01. The summed E-state index contributed by atoms with van der Waals surface area (Å²) >= 11 is 6.00. The van der Waals surface area contributed by atoms with Gasteiger partial charge in [0.05, 0.1) is 5.52 Å². The predicted molar refractivity (Wildman–Crippen MR) is 114 cm³/mol. The van der Waals surface area contributed by atoms with E-state index in [4.69, 9.17) is 21.6 Å². The quantitative estimate of drug-likeness (QED) is 0.673. The number of hydrogen-bond acceptors (Lipinski definition) is 5. The lowest BCUT2D eigenvalue weighted by atomic mass is 10.2. The maximum Gasteiger partial charge on any atom is 0.228 e. The number of halogens is 1. The molecule has 0 saturated carbocycles. The van der Waals surface area contributed by atoms with Gasteiger partial charge in [-0.15, -0.1) is 6.58 Å². The van der Waals surface area contributed by atoms with Crippen molar-refractivity contribution in [2.75, 3.05) is 47.8 Å². The van der Waals surface area contributed by atoms with Gasteiger partial charge in [-0.1, -0.05) is 29.8 Å². The summed E-state index contributed by atoms with van der Waals surface area (Å²) in [6, 6.07) is 16.1. The van der Waals surface area contributed by atoms with Crippen molar-refractivity contribution in [1.82, 2.24) is 9.97 Å². The van der Waals surface area contributed by atoms with Gasteiger partial charge in [-0.25, -0.2) is 4.98 Å². The second-order valence-electron chi connectivity index (χ2n) is 6.51. The van der Waals surface area contributed by atoms with Crippen LogP contribution in [0.1, 0.15) is 0 Å². The van der Waals surface area contributed by atoms with E-state index in [-0.39, 0.29) is 0 Å². The molecular formula is C21H22ClN5. The zero-order chi connectivity index (χ0) is 18.6. The molecule has 0 atom stereocenters. The lowest BCUT2D eigenvalue weighted by Gasteiger charge is -2.36. The van der Waals surface area contributed by atoms with Crippen LogP contribution >= 0.6 is 11.6 Å². The smallest absolute Gasteiger partial charge is 0.228 e. The molecule has 0 bridgehead atoms. The minimum absolute atomic E-state index is 0.671. The molecule has 1 fully saturated rings. The van der Waals surface area contributed by atoms with Crippen LogP contribution in [0.25, 0.3) is 10.9 Å². The summed E-state index contributed by atoms with van der Waals surface area (Å²) in [5.41, 5.74) is 2.15. The molecule has 0 radical (unpaired) electrons. The van der Waals surface area contributed by atoms with E-state index in [2.05, 4.69) is 33.8 Å².